The first kappa shape index (κ1) is 16.6. The molecule has 2 aromatic heterocycles. The van der Waals surface area contributed by atoms with Gasteiger partial charge in [0.15, 0.2) is 0 Å². The molecule has 0 spiro atoms. The smallest absolute Gasteiger partial charge is 0.341 e. The number of hydrogen-bond acceptors (Lipinski definition) is 4. The van der Waals surface area contributed by atoms with Crippen molar-refractivity contribution in [3.05, 3.63) is 63.9 Å². The van der Waals surface area contributed by atoms with E-state index in [-0.39, 0.29) is 16.9 Å². The van der Waals surface area contributed by atoms with Crippen LogP contribution in [0.25, 0.3) is 33.1 Å². The fourth-order valence-electron chi connectivity index (χ4n) is 4.22. The molecule has 1 N–H and O–H groups in total. The molecule has 0 fully saturated rings. The molecule has 2 aromatic carbocycles. The monoisotopic (exact) mass is 374 g/mol. The Kier molecular flexibility index (Phi) is 3.55. The molecule has 0 bridgehead atoms. The molecule has 4 aromatic rings. The van der Waals surface area contributed by atoms with E-state index in [1.165, 1.54) is 25.2 Å². The standard InChI is InChI=1S/C22H18N2O4/c1-27-20-15(22(26)28-2)8-7-12-11-17-19-14(9-10-24(17)21(25)18(12)20)13-5-3-4-6-16(13)23-19/h3-8,11,23H,9-10H2,1-2H3. The van der Waals surface area contributed by atoms with Gasteiger partial charge in [0, 0.05) is 17.4 Å². The number of benzene rings is 2. The van der Waals surface area contributed by atoms with Crippen LogP contribution in [0.4, 0.5) is 0 Å². The summed E-state index contributed by atoms with van der Waals surface area (Å²) in [4.78, 5) is 28.9. The van der Waals surface area contributed by atoms with Gasteiger partial charge < -0.3 is 19.0 Å². The Bertz CT molecular complexity index is 1330. The minimum Gasteiger partial charge on any atom is -0.495 e. The van der Waals surface area contributed by atoms with Crippen molar-refractivity contribution in [3.63, 3.8) is 0 Å². The predicted molar refractivity (Wildman–Crippen MR) is 107 cm³/mol. The van der Waals surface area contributed by atoms with Gasteiger partial charge in [-0.2, -0.15) is 0 Å². The maximum atomic E-state index is 13.4. The fraction of sp³-hybridized carbons (Fsp3) is 0.182. The van der Waals surface area contributed by atoms with Crippen molar-refractivity contribution in [2.75, 3.05) is 14.2 Å². The third kappa shape index (κ3) is 2.14. The lowest BCUT2D eigenvalue weighted by atomic mass is 9.99. The van der Waals surface area contributed by atoms with Crippen molar-refractivity contribution in [3.8, 4) is 17.1 Å². The SMILES string of the molecule is COC(=O)c1ccc2cc3n(c(=O)c2c1OC)CCc1c-3[nH]c2ccccc12. The molecule has 28 heavy (non-hydrogen) atoms. The van der Waals surface area contributed by atoms with E-state index in [4.69, 9.17) is 9.47 Å². The summed E-state index contributed by atoms with van der Waals surface area (Å²) in [6.45, 7) is 0.574. The van der Waals surface area contributed by atoms with Crippen LogP contribution < -0.4 is 10.3 Å². The highest BCUT2D eigenvalue weighted by Crippen LogP contribution is 2.36. The van der Waals surface area contributed by atoms with Crippen LogP contribution in [0.15, 0.2) is 47.3 Å². The number of aromatic amines is 1. The quantitative estimate of drug-likeness (QED) is 0.545. The highest BCUT2D eigenvalue weighted by atomic mass is 16.5. The number of hydrogen-bond donors (Lipinski definition) is 1. The van der Waals surface area contributed by atoms with Gasteiger partial charge in [-0.05, 0) is 35.6 Å². The molecule has 6 nitrogen and oxygen atoms in total. The minimum absolute atomic E-state index is 0.167. The second-order valence-corrected chi connectivity index (χ2v) is 6.86. The number of aryl methyl sites for hydroxylation is 1. The van der Waals surface area contributed by atoms with Crippen LogP contribution >= 0.6 is 0 Å². The lowest BCUT2D eigenvalue weighted by Crippen LogP contribution is -2.26. The van der Waals surface area contributed by atoms with Crippen molar-refractivity contribution in [2.24, 2.45) is 0 Å². The first-order valence-corrected chi connectivity index (χ1v) is 9.07. The summed E-state index contributed by atoms with van der Waals surface area (Å²) in [5.74, 6) is -0.272. The first-order chi connectivity index (χ1) is 13.6. The summed E-state index contributed by atoms with van der Waals surface area (Å²) < 4.78 is 12.0. The molecule has 140 valence electrons. The van der Waals surface area contributed by atoms with E-state index in [0.29, 0.717) is 11.9 Å². The molecule has 0 amide bonds. The van der Waals surface area contributed by atoms with Crippen molar-refractivity contribution in [1.82, 2.24) is 9.55 Å². The molecule has 0 atom stereocenters. The molecular weight excluding hydrogens is 356 g/mol. The van der Waals surface area contributed by atoms with Gasteiger partial charge in [0.25, 0.3) is 5.56 Å². The molecule has 3 heterocycles. The molecule has 0 unspecified atom stereocenters. The normalized spacial score (nSPS) is 12.6. The van der Waals surface area contributed by atoms with Crippen LogP contribution in [-0.4, -0.2) is 29.7 Å². The van der Waals surface area contributed by atoms with E-state index in [0.717, 1.165) is 28.7 Å². The molecular formula is C22H18N2O4. The van der Waals surface area contributed by atoms with Crippen LogP contribution in [0.5, 0.6) is 5.75 Å². The Labute approximate surface area is 160 Å². The summed E-state index contributed by atoms with van der Waals surface area (Å²) in [5.41, 5.74) is 4.20. The Morgan fingerprint density at radius 1 is 1.14 bits per heavy atom. The maximum Gasteiger partial charge on any atom is 0.341 e. The van der Waals surface area contributed by atoms with E-state index >= 15 is 0 Å². The topological polar surface area (TPSA) is 73.3 Å². The second-order valence-electron chi connectivity index (χ2n) is 6.86. The minimum atomic E-state index is -0.529. The number of methoxy groups -OCH3 is 2. The molecule has 1 aliphatic heterocycles. The molecule has 0 saturated heterocycles. The van der Waals surface area contributed by atoms with Gasteiger partial charge in [0.2, 0.25) is 0 Å². The van der Waals surface area contributed by atoms with Gasteiger partial charge in [-0.15, -0.1) is 0 Å². The molecule has 6 heteroatoms. The zero-order valence-corrected chi connectivity index (χ0v) is 15.5. The lowest BCUT2D eigenvalue weighted by molar-refractivity contribution is 0.0597. The summed E-state index contributed by atoms with van der Waals surface area (Å²) in [7, 11) is 2.77. The number of ether oxygens (including phenoxy) is 2. The third-order valence-corrected chi connectivity index (χ3v) is 5.50. The average Bonchev–Trinajstić information content (AvgIpc) is 3.11. The first-order valence-electron chi connectivity index (χ1n) is 9.07. The van der Waals surface area contributed by atoms with Crippen LogP contribution in [0.3, 0.4) is 0 Å². The van der Waals surface area contributed by atoms with Gasteiger partial charge in [0.05, 0.1) is 31.0 Å². The molecule has 5 rings (SSSR count). The van der Waals surface area contributed by atoms with Gasteiger partial charge in [-0.3, -0.25) is 4.79 Å². The number of esters is 1. The highest BCUT2D eigenvalue weighted by Gasteiger charge is 2.25. The van der Waals surface area contributed by atoms with Crippen molar-refractivity contribution in [2.45, 2.75) is 13.0 Å². The van der Waals surface area contributed by atoms with Crippen molar-refractivity contribution < 1.29 is 14.3 Å². The third-order valence-electron chi connectivity index (χ3n) is 5.50. The Morgan fingerprint density at radius 2 is 1.96 bits per heavy atom. The number of carbonyl (C=O) groups excluding carboxylic acids is 1. The van der Waals surface area contributed by atoms with E-state index in [2.05, 4.69) is 11.1 Å². The number of pyridine rings is 1. The van der Waals surface area contributed by atoms with Crippen LogP contribution in [0.1, 0.15) is 15.9 Å². The predicted octanol–water partition coefficient (Wildman–Crippen LogP) is 3.50. The number of H-pyrrole nitrogens is 1. The van der Waals surface area contributed by atoms with Crippen molar-refractivity contribution in [1.29, 1.82) is 0 Å². The number of para-hydroxylation sites is 1. The number of fused-ring (bicyclic) bond motifs is 6. The Balaban J connectivity index is 1.84. The molecule has 0 aliphatic carbocycles. The summed E-state index contributed by atoms with van der Waals surface area (Å²) in [5, 5.41) is 2.32. The number of aromatic nitrogens is 2. The van der Waals surface area contributed by atoms with E-state index in [1.54, 1.807) is 16.7 Å². The molecule has 0 saturated carbocycles. The molecule has 0 radical (unpaired) electrons. The van der Waals surface area contributed by atoms with E-state index in [9.17, 15) is 9.59 Å². The Hall–Kier alpha value is -3.54. The van der Waals surface area contributed by atoms with Gasteiger partial charge >= 0.3 is 5.97 Å². The maximum absolute atomic E-state index is 13.4. The van der Waals surface area contributed by atoms with E-state index < -0.39 is 5.97 Å². The number of nitrogens with one attached hydrogen (secondary N) is 1. The van der Waals surface area contributed by atoms with Crippen LogP contribution in [-0.2, 0) is 17.7 Å². The summed E-state index contributed by atoms with van der Waals surface area (Å²) >= 11 is 0. The van der Waals surface area contributed by atoms with Gasteiger partial charge in [-0.25, -0.2) is 4.79 Å². The number of carbonyl (C=O) groups is 1. The van der Waals surface area contributed by atoms with Gasteiger partial charge in [-0.1, -0.05) is 24.3 Å². The van der Waals surface area contributed by atoms with Crippen LogP contribution in [0.2, 0.25) is 0 Å². The average molecular weight is 374 g/mol. The van der Waals surface area contributed by atoms with Crippen LogP contribution in [0, 0.1) is 0 Å². The molecule has 1 aliphatic rings. The van der Waals surface area contributed by atoms with Crippen molar-refractivity contribution >= 4 is 27.6 Å². The van der Waals surface area contributed by atoms with Gasteiger partial charge in [0.1, 0.15) is 11.3 Å². The number of nitrogens with zero attached hydrogens (tertiary/aromatic N) is 1. The largest absolute Gasteiger partial charge is 0.495 e. The summed E-state index contributed by atoms with van der Waals surface area (Å²) in [6.07, 6.45) is 0.761. The summed E-state index contributed by atoms with van der Waals surface area (Å²) in [6, 6.07) is 13.6. The Morgan fingerprint density at radius 3 is 2.75 bits per heavy atom. The second kappa shape index (κ2) is 5.99. The van der Waals surface area contributed by atoms with E-state index in [1.807, 2.05) is 24.3 Å². The zero-order valence-electron chi connectivity index (χ0n) is 15.5. The number of rotatable bonds is 2. The lowest BCUT2D eigenvalue weighted by Gasteiger charge is -2.21. The fourth-order valence-corrected chi connectivity index (χ4v) is 4.22. The zero-order chi connectivity index (χ0) is 19.4. The highest BCUT2D eigenvalue weighted by molar-refractivity contribution is 6.02.